The second-order valence-corrected chi connectivity index (χ2v) is 8.49. The van der Waals surface area contributed by atoms with Gasteiger partial charge in [-0.2, -0.15) is 0 Å². The van der Waals surface area contributed by atoms with E-state index in [1.165, 1.54) is 0 Å². The van der Waals surface area contributed by atoms with E-state index < -0.39 is 6.04 Å². The van der Waals surface area contributed by atoms with Crippen LogP contribution in [0, 0.1) is 0 Å². The van der Waals surface area contributed by atoms with E-state index >= 15 is 0 Å². The number of ether oxygens (including phenoxy) is 3. The van der Waals surface area contributed by atoms with Gasteiger partial charge in [-0.15, -0.1) is 0 Å². The number of nitrogens with one attached hydrogen (secondary N) is 1. The second kappa shape index (κ2) is 17.3. The van der Waals surface area contributed by atoms with E-state index in [1.807, 2.05) is 30.3 Å². The van der Waals surface area contributed by atoms with E-state index in [9.17, 15) is 14.4 Å². The fourth-order valence-corrected chi connectivity index (χ4v) is 3.73. The van der Waals surface area contributed by atoms with Crippen LogP contribution in [0.15, 0.2) is 54.6 Å². The number of unbranched alkanes of at least 4 members (excludes halogenated alkanes) is 3. The number of hydrogen-bond donors (Lipinski definition) is 1. The Morgan fingerprint density at radius 2 is 1.50 bits per heavy atom. The molecule has 0 spiro atoms. The molecule has 0 aliphatic carbocycles. The van der Waals surface area contributed by atoms with Crippen LogP contribution in [0.5, 0.6) is 5.75 Å². The van der Waals surface area contributed by atoms with Gasteiger partial charge in [0.2, 0.25) is 0 Å². The van der Waals surface area contributed by atoms with Crippen LogP contribution >= 0.6 is 0 Å². The highest BCUT2D eigenvalue weighted by atomic mass is 16.5. The summed E-state index contributed by atoms with van der Waals surface area (Å²) < 4.78 is 15.9. The Labute approximate surface area is 214 Å². The van der Waals surface area contributed by atoms with Gasteiger partial charge in [0.05, 0.1) is 13.2 Å². The summed E-state index contributed by atoms with van der Waals surface area (Å²) >= 11 is 0. The zero-order chi connectivity index (χ0) is 26.0. The van der Waals surface area contributed by atoms with Crippen molar-refractivity contribution in [3.63, 3.8) is 0 Å². The molecule has 0 aliphatic heterocycles. The zero-order valence-electron chi connectivity index (χ0n) is 21.5. The van der Waals surface area contributed by atoms with Crippen LogP contribution in [0.25, 0.3) is 0 Å². The number of Topliss-reactive ketones (excluding diaryl/α,β-unsaturated/α-hetero) is 1. The molecule has 0 fully saturated rings. The maximum absolute atomic E-state index is 12.6. The lowest BCUT2D eigenvalue weighted by Crippen LogP contribution is -2.39. The summed E-state index contributed by atoms with van der Waals surface area (Å²) in [6, 6.07) is 16.6. The molecular formula is C29H39NO6. The SMILES string of the molecule is CCOC(=O)CCCCCCC(NCCC(=O)c1ccc(OCc2ccccc2)cc1)C(=O)OCC. The van der Waals surface area contributed by atoms with Crippen LogP contribution in [0.4, 0.5) is 0 Å². The van der Waals surface area contributed by atoms with E-state index in [0.717, 1.165) is 31.2 Å². The molecule has 2 aromatic rings. The minimum atomic E-state index is -0.448. The van der Waals surface area contributed by atoms with Crippen molar-refractivity contribution < 1.29 is 28.6 Å². The first-order chi connectivity index (χ1) is 17.5. The first-order valence-electron chi connectivity index (χ1n) is 12.9. The molecule has 0 aromatic heterocycles. The van der Waals surface area contributed by atoms with Gasteiger partial charge in [-0.3, -0.25) is 14.4 Å². The molecule has 196 valence electrons. The molecule has 0 aliphatic rings. The molecule has 0 heterocycles. The third kappa shape index (κ3) is 11.5. The van der Waals surface area contributed by atoms with E-state index in [-0.39, 0.29) is 24.1 Å². The predicted molar refractivity (Wildman–Crippen MR) is 139 cm³/mol. The molecule has 0 bridgehead atoms. The van der Waals surface area contributed by atoms with Gasteiger partial charge in [-0.1, -0.05) is 49.6 Å². The third-order valence-electron chi connectivity index (χ3n) is 5.67. The van der Waals surface area contributed by atoms with Gasteiger partial charge >= 0.3 is 11.9 Å². The lowest BCUT2D eigenvalue weighted by atomic mass is 10.1. The minimum Gasteiger partial charge on any atom is -0.489 e. The Hall–Kier alpha value is -3.19. The first-order valence-corrected chi connectivity index (χ1v) is 12.9. The van der Waals surface area contributed by atoms with Crippen molar-refractivity contribution >= 4 is 17.7 Å². The molecule has 36 heavy (non-hydrogen) atoms. The monoisotopic (exact) mass is 497 g/mol. The van der Waals surface area contributed by atoms with Gasteiger partial charge in [0.1, 0.15) is 18.4 Å². The lowest BCUT2D eigenvalue weighted by molar-refractivity contribution is -0.146. The van der Waals surface area contributed by atoms with Crippen molar-refractivity contribution in [2.75, 3.05) is 19.8 Å². The minimum absolute atomic E-state index is 0.00122. The summed E-state index contributed by atoms with van der Waals surface area (Å²) in [5.74, 6) is 0.246. The molecule has 1 N–H and O–H groups in total. The molecule has 0 amide bonds. The standard InChI is InChI=1S/C29H39NO6/c1-3-34-28(32)15-11-6-5-10-14-26(29(33)35-4-2)30-21-20-27(31)24-16-18-25(19-17-24)36-22-23-12-8-7-9-13-23/h7-9,12-13,16-19,26,30H,3-6,10-11,14-15,20-22H2,1-2H3. The Bertz CT molecular complexity index is 913. The van der Waals surface area contributed by atoms with Gasteiger partial charge in [0, 0.05) is 24.9 Å². The van der Waals surface area contributed by atoms with Gasteiger partial charge in [-0.25, -0.2) is 0 Å². The largest absolute Gasteiger partial charge is 0.489 e. The first kappa shape index (κ1) is 29.0. The molecule has 7 nitrogen and oxygen atoms in total. The maximum atomic E-state index is 12.6. The smallest absolute Gasteiger partial charge is 0.323 e. The van der Waals surface area contributed by atoms with E-state index in [2.05, 4.69) is 5.32 Å². The van der Waals surface area contributed by atoms with Crippen LogP contribution < -0.4 is 10.1 Å². The zero-order valence-corrected chi connectivity index (χ0v) is 21.5. The molecule has 1 unspecified atom stereocenters. The summed E-state index contributed by atoms with van der Waals surface area (Å²) in [6.45, 7) is 5.15. The Morgan fingerprint density at radius 3 is 2.19 bits per heavy atom. The van der Waals surface area contributed by atoms with Crippen LogP contribution in [-0.2, 0) is 25.7 Å². The number of benzene rings is 2. The maximum Gasteiger partial charge on any atom is 0.323 e. The Balaban J connectivity index is 1.72. The van der Waals surface area contributed by atoms with Crippen molar-refractivity contribution in [2.24, 2.45) is 0 Å². The number of carbonyl (C=O) groups is 3. The van der Waals surface area contributed by atoms with Gasteiger partial charge in [0.25, 0.3) is 0 Å². The van der Waals surface area contributed by atoms with E-state index in [4.69, 9.17) is 14.2 Å². The molecule has 0 saturated heterocycles. The average Bonchev–Trinajstić information content (AvgIpc) is 2.89. The van der Waals surface area contributed by atoms with Crippen molar-refractivity contribution in [1.82, 2.24) is 5.32 Å². The van der Waals surface area contributed by atoms with Gasteiger partial charge in [-0.05, 0) is 56.5 Å². The number of hydrogen-bond acceptors (Lipinski definition) is 7. The third-order valence-corrected chi connectivity index (χ3v) is 5.67. The van der Waals surface area contributed by atoms with E-state index in [1.54, 1.807) is 38.1 Å². The summed E-state index contributed by atoms with van der Waals surface area (Å²) in [4.78, 5) is 36.3. The Kier molecular flexibility index (Phi) is 13.9. The molecule has 0 saturated carbocycles. The molecular weight excluding hydrogens is 458 g/mol. The topological polar surface area (TPSA) is 90.9 Å². The normalized spacial score (nSPS) is 11.5. The number of carbonyl (C=O) groups excluding carboxylic acids is 3. The highest BCUT2D eigenvalue weighted by molar-refractivity contribution is 5.96. The van der Waals surface area contributed by atoms with Crippen molar-refractivity contribution in [3.05, 3.63) is 65.7 Å². The van der Waals surface area contributed by atoms with Crippen LogP contribution in [0.1, 0.15) is 74.7 Å². The molecule has 0 radical (unpaired) electrons. The van der Waals surface area contributed by atoms with Crippen molar-refractivity contribution in [1.29, 1.82) is 0 Å². The Morgan fingerprint density at radius 1 is 0.806 bits per heavy atom. The van der Waals surface area contributed by atoms with Crippen molar-refractivity contribution in [3.8, 4) is 5.75 Å². The average molecular weight is 498 g/mol. The fraction of sp³-hybridized carbons (Fsp3) is 0.483. The summed E-state index contributed by atoms with van der Waals surface area (Å²) in [5, 5.41) is 3.19. The highest BCUT2D eigenvalue weighted by Gasteiger charge is 2.19. The number of rotatable bonds is 18. The summed E-state index contributed by atoms with van der Waals surface area (Å²) in [5.41, 5.74) is 1.69. The lowest BCUT2D eigenvalue weighted by Gasteiger charge is -2.17. The van der Waals surface area contributed by atoms with Crippen LogP contribution in [0.3, 0.4) is 0 Å². The molecule has 1 atom stereocenters. The molecule has 2 rings (SSSR count). The number of ketones is 1. The quantitative estimate of drug-likeness (QED) is 0.171. The molecule has 7 heteroatoms. The van der Waals surface area contributed by atoms with Gasteiger partial charge in [0.15, 0.2) is 5.78 Å². The number of esters is 2. The van der Waals surface area contributed by atoms with E-state index in [0.29, 0.717) is 50.5 Å². The fourth-order valence-electron chi connectivity index (χ4n) is 3.73. The predicted octanol–water partition coefficient (Wildman–Crippen LogP) is 5.26. The van der Waals surface area contributed by atoms with Gasteiger partial charge < -0.3 is 19.5 Å². The van der Waals surface area contributed by atoms with Crippen LogP contribution in [-0.4, -0.2) is 43.5 Å². The van der Waals surface area contributed by atoms with Crippen LogP contribution in [0.2, 0.25) is 0 Å². The summed E-state index contributed by atoms with van der Waals surface area (Å²) in [7, 11) is 0. The van der Waals surface area contributed by atoms with Crippen molar-refractivity contribution in [2.45, 2.75) is 71.4 Å². The highest BCUT2D eigenvalue weighted by Crippen LogP contribution is 2.16. The second-order valence-electron chi connectivity index (χ2n) is 8.49. The molecule has 2 aromatic carbocycles. The summed E-state index contributed by atoms with van der Waals surface area (Å²) in [6.07, 6.45) is 4.75.